The highest BCUT2D eigenvalue weighted by Gasteiger charge is 2.31. The van der Waals surface area contributed by atoms with E-state index in [1.54, 1.807) is 4.90 Å². The molecule has 0 saturated carbocycles. The number of nitrogens with one attached hydrogen (secondary N) is 1. The Morgan fingerprint density at radius 3 is 2.71 bits per heavy atom. The molecule has 2 amide bonds. The van der Waals surface area contributed by atoms with E-state index < -0.39 is 11.7 Å². The zero-order chi connectivity index (χ0) is 17.9. The van der Waals surface area contributed by atoms with E-state index >= 15 is 0 Å². The summed E-state index contributed by atoms with van der Waals surface area (Å²) in [4.78, 5) is 30.2. The van der Waals surface area contributed by atoms with Crippen LogP contribution in [0, 0.1) is 5.92 Å². The van der Waals surface area contributed by atoms with Gasteiger partial charge in [0, 0.05) is 19.3 Å². The molecule has 1 fully saturated rings. The molecule has 132 valence electrons. The molecule has 1 aliphatic rings. The third-order valence-corrected chi connectivity index (χ3v) is 3.99. The maximum atomic E-state index is 12.4. The Kier molecular flexibility index (Phi) is 5.93. The number of carbonyl (C=O) groups is 2. The van der Waals surface area contributed by atoms with Gasteiger partial charge in [0.2, 0.25) is 5.91 Å². The first kappa shape index (κ1) is 18.8. The van der Waals surface area contributed by atoms with Gasteiger partial charge in [-0.1, -0.05) is 23.2 Å². The lowest BCUT2D eigenvalue weighted by Gasteiger charge is -2.33. The van der Waals surface area contributed by atoms with Crippen LogP contribution in [0.5, 0.6) is 0 Å². The molecule has 6 nitrogen and oxygen atoms in total. The van der Waals surface area contributed by atoms with Crippen LogP contribution in [0.1, 0.15) is 33.6 Å². The Bertz CT molecular complexity index is 631. The van der Waals surface area contributed by atoms with Crippen molar-refractivity contribution in [3.05, 3.63) is 22.3 Å². The lowest BCUT2D eigenvalue weighted by Crippen LogP contribution is -2.45. The molecule has 1 aliphatic heterocycles. The maximum absolute atomic E-state index is 12.4. The van der Waals surface area contributed by atoms with Crippen LogP contribution in [0.3, 0.4) is 0 Å². The fraction of sp³-hybridized carbons (Fsp3) is 0.562. The van der Waals surface area contributed by atoms with Crippen LogP contribution in [0.15, 0.2) is 12.3 Å². The summed E-state index contributed by atoms with van der Waals surface area (Å²) < 4.78 is 5.36. The number of hydrogen-bond acceptors (Lipinski definition) is 4. The summed E-state index contributed by atoms with van der Waals surface area (Å²) in [6, 6.07) is 1.51. The number of aromatic nitrogens is 1. The van der Waals surface area contributed by atoms with Crippen molar-refractivity contribution in [2.24, 2.45) is 5.92 Å². The molecule has 0 radical (unpaired) electrons. The van der Waals surface area contributed by atoms with E-state index in [4.69, 9.17) is 27.9 Å². The highest BCUT2D eigenvalue weighted by Crippen LogP contribution is 2.25. The quantitative estimate of drug-likeness (QED) is 0.850. The summed E-state index contributed by atoms with van der Waals surface area (Å²) in [7, 11) is 0. The minimum atomic E-state index is -0.562. The van der Waals surface area contributed by atoms with Gasteiger partial charge in [0.15, 0.2) is 5.82 Å². The van der Waals surface area contributed by atoms with Gasteiger partial charge in [-0.05, 0) is 39.7 Å². The van der Waals surface area contributed by atoms with E-state index in [1.165, 1.54) is 12.3 Å². The highest BCUT2D eigenvalue weighted by atomic mass is 35.5. The average Bonchev–Trinajstić information content (AvgIpc) is 2.48. The normalized spacial score (nSPS) is 18.2. The minimum Gasteiger partial charge on any atom is -0.444 e. The van der Waals surface area contributed by atoms with Gasteiger partial charge in [-0.3, -0.25) is 4.79 Å². The van der Waals surface area contributed by atoms with E-state index in [2.05, 4.69) is 10.3 Å². The number of ether oxygens (including phenoxy) is 1. The topological polar surface area (TPSA) is 71.5 Å². The number of amides is 2. The molecule has 0 spiro atoms. The second-order valence-electron chi connectivity index (χ2n) is 6.74. The molecule has 1 unspecified atom stereocenters. The summed E-state index contributed by atoms with van der Waals surface area (Å²) in [5, 5.41) is 3.36. The molecule has 0 aliphatic carbocycles. The van der Waals surface area contributed by atoms with Crippen molar-refractivity contribution < 1.29 is 14.3 Å². The molecule has 1 atom stereocenters. The predicted octanol–water partition coefficient (Wildman–Crippen LogP) is 3.97. The predicted molar refractivity (Wildman–Crippen MR) is 93.4 cm³/mol. The molecule has 0 bridgehead atoms. The standard InChI is InChI=1S/C16H21Cl2N3O3/c1-16(2,3)24-15(23)21-6-4-5-10(9-21)14(22)20-13-12(18)7-11(17)8-19-13/h7-8,10H,4-6,9H2,1-3H3,(H,19,20,22). The van der Waals surface area contributed by atoms with E-state index in [1.807, 2.05) is 20.8 Å². The first-order chi connectivity index (χ1) is 11.2. The van der Waals surface area contributed by atoms with Crippen LogP contribution in [-0.2, 0) is 9.53 Å². The molecule has 1 N–H and O–H groups in total. The Morgan fingerprint density at radius 1 is 1.38 bits per heavy atom. The van der Waals surface area contributed by atoms with Gasteiger partial charge in [0.1, 0.15) is 5.60 Å². The molecule has 1 saturated heterocycles. The lowest BCUT2D eigenvalue weighted by molar-refractivity contribution is -0.121. The van der Waals surface area contributed by atoms with Gasteiger partial charge in [0.25, 0.3) is 0 Å². The zero-order valence-electron chi connectivity index (χ0n) is 13.9. The summed E-state index contributed by atoms with van der Waals surface area (Å²) in [5.74, 6) is -0.291. The summed E-state index contributed by atoms with van der Waals surface area (Å²) in [6.07, 6.45) is 2.44. The molecule has 8 heteroatoms. The minimum absolute atomic E-state index is 0.222. The van der Waals surface area contributed by atoms with Crippen LogP contribution >= 0.6 is 23.2 Å². The van der Waals surface area contributed by atoms with Crippen molar-refractivity contribution in [3.8, 4) is 0 Å². The van der Waals surface area contributed by atoms with Gasteiger partial charge in [0.05, 0.1) is 16.0 Å². The second kappa shape index (κ2) is 7.57. The fourth-order valence-corrected chi connectivity index (χ4v) is 2.84. The van der Waals surface area contributed by atoms with Gasteiger partial charge in [-0.15, -0.1) is 0 Å². The van der Waals surface area contributed by atoms with Crippen molar-refractivity contribution in [3.63, 3.8) is 0 Å². The van der Waals surface area contributed by atoms with E-state index in [-0.39, 0.29) is 22.7 Å². The summed E-state index contributed by atoms with van der Waals surface area (Å²) in [6.45, 7) is 6.33. The van der Waals surface area contributed by atoms with Crippen LogP contribution in [-0.4, -0.2) is 40.6 Å². The Hall–Kier alpha value is -1.53. The van der Waals surface area contributed by atoms with Crippen molar-refractivity contribution >= 4 is 41.0 Å². The summed E-state index contributed by atoms with van der Waals surface area (Å²) >= 11 is 11.8. The Balaban J connectivity index is 1.98. The lowest BCUT2D eigenvalue weighted by atomic mass is 9.97. The van der Waals surface area contributed by atoms with Crippen LogP contribution in [0.4, 0.5) is 10.6 Å². The van der Waals surface area contributed by atoms with Gasteiger partial charge >= 0.3 is 6.09 Å². The molecule has 24 heavy (non-hydrogen) atoms. The molecular formula is C16H21Cl2N3O3. The SMILES string of the molecule is CC(C)(C)OC(=O)N1CCCC(C(=O)Nc2ncc(Cl)cc2Cl)C1. The maximum Gasteiger partial charge on any atom is 0.410 e. The van der Waals surface area contributed by atoms with Crippen LogP contribution in [0.25, 0.3) is 0 Å². The highest BCUT2D eigenvalue weighted by molar-refractivity contribution is 6.36. The van der Waals surface area contributed by atoms with Gasteiger partial charge < -0.3 is 15.0 Å². The Morgan fingerprint density at radius 2 is 2.08 bits per heavy atom. The van der Waals surface area contributed by atoms with Crippen LogP contribution < -0.4 is 5.32 Å². The number of halogens is 2. The fourth-order valence-electron chi connectivity index (χ4n) is 2.41. The molecule has 2 heterocycles. The number of pyridine rings is 1. The van der Waals surface area contributed by atoms with E-state index in [0.29, 0.717) is 24.5 Å². The van der Waals surface area contributed by atoms with Gasteiger partial charge in [-0.2, -0.15) is 0 Å². The van der Waals surface area contributed by atoms with Gasteiger partial charge in [-0.25, -0.2) is 9.78 Å². The van der Waals surface area contributed by atoms with E-state index in [9.17, 15) is 9.59 Å². The smallest absolute Gasteiger partial charge is 0.410 e. The number of likely N-dealkylation sites (tertiary alicyclic amines) is 1. The third kappa shape index (κ3) is 5.24. The van der Waals surface area contributed by atoms with Crippen molar-refractivity contribution in [2.45, 2.75) is 39.2 Å². The number of nitrogens with zero attached hydrogens (tertiary/aromatic N) is 2. The molecule has 0 aromatic carbocycles. The molecule has 1 aromatic rings. The molecule has 2 rings (SSSR count). The van der Waals surface area contributed by atoms with Crippen LogP contribution in [0.2, 0.25) is 10.0 Å². The monoisotopic (exact) mass is 373 g/mol. The second-order valence-corrected chi connectivity index (χ2v) is 7.58. The van der Waals surface area contributed by atoms with Crippen molar-refractivity contribution in [1.29, 1.82) is 0 Å². The summed E-state index contributed by atoms with van der Waals surface area (Å²) in [5.41, 5.74) is -0.562. The number of piperidine rings is 1. The van der Waals surface area contributed by atoms with Crippen molar-refractivity contribution in [1.82, 2.24) is 9.88 Å². The molecule has 1 aromatic heterocycles. The number of hydrogen-bond donors (Lipinski definition) is 1. The third-order valence-electron chi connectivity index (χ3n) is 3.49. The first-order valence-corrected chi connectivity index (χ1v) is 8.51. The largest absolute Gasteiger partial charge is 0.444 e. The number of carbonyl (C=O) groups excluding carboxylic acids is 2. The number of anilines is 1. The van der Waals surface area contributed by atoms with Crippen molar-refractivity contribution in [2.75, 3.05) is 18.4 Å². The first-order valence-electron chi connectivity index (χ1n) is 7.75. The number of rotatable bonds is 2. The van der Waals surface area contributed by atoms with E-state index in [0.717, 1.165) is 6.42 Å². The Labute approximate surface area is 151 Å². The average molecular weight is 374 g/mol. The zero-order valence-corrected chi connectivity index (χ0v) is 15.4. The molecular weight excluding hydrogens is 353 g/mol.